The van der Waals surface area contributed by atoms with Crippen LogP contribution in [0.2, 0.25) is 0 Å². The van der Waals surface area contributed by atoms with Gasteiger partial charge in [-0.05, 0) is 31.1 Å². The number of benzene rings is 1. The molecule has 6 heteroatoms. The standard InChI is InChI=1S/C18H28N6/c1-6-24(7-2)13-16-11-9-8-10-15(16)12-19-17-20-14(3)21-18(22-17)23(4)5/h8-11H,6-7,12-13H2,1-5H3,(H,19,20,21,22). The van der Waals surface area contributed by atoms with E-state index in [0.717, 1.165) is 19.6 Å². The monoisotopic (exact) mass is 328 g/mol. The number of anilines is 2. The molecule has 6 nitrogen and oxygen atoms in total. The van der Waals surface area contributed by atoms with E-state index in [1.807, 2.05) is 25.9 Å². The fourth-order valence-corrected chi connectivity index (χ4v) is 2.49. The molecule has 0 saturated heterocycles. The van der Waals surface area contributed by atoms with Gasteiger partial charge in [-0.2, -0.15) is 15.0 Å². The van der Waals surface area contributed by atoms with Crippen LogP contribution in [0.15, 0.2) is 24.3 Å². The van der Waals surface area contributed by atoms with Crippen molar-refractivity contribution in [3.63, 3.8) is 0 Å². The van der Waals surface area contributed by atoms with Crippen molar-refractivity contribution in [1.29, 1.82) is 0 Å². The number of aromatic nitrogens is 3. The van der Waals surface area contributed by atoms with E-state index in [4.69, 9.17) is 0 Å². The minimum Gasteiger partial charge on any atom is -0.350 e. The topological polar surface area (TPSA) is 57.2 Å². The minimum atomic E-state index is 0.615. The summed E-state index contributed by atoms with van der Waals surface area (Å²) in [6, 6.07) is 8.53. The Morgan fingerprint density at radius 3 is 2.25 bits per heavy atom. The summed E-state index contributed by atoms with van der Waals surface area (Å²) < 4.78 is 0. The van der Waals surface area contributed by atoms with Crippen molar-refractivity contribution in [2.75, 3.05) is 37.4 Å². The molecule has 0 aliphatic heterocycles. The van der Waals surface area contributed by atoms with E-state index in [2.05, 4.69) is 63.3 Å². The molecule has 0 aliphatic rings. The molecule has 0 unspecified atom stereocenters. The first-order valence-corrected chi connectivity index (χ1v) is 8.46. The molecule has 130 valence electrons. The molecule has 0 spiro atoms. The second-order valence-electron chi connectivity index (χ2n) is 5.98. The lowest BCUT2D eigenvalue weighted by Crippen LogP contribution is -2.23. The molecule has 0 aliphatic carbocycles. The third-order valence-corrected chi connectivity index (χ3v) is 3.98. The summed E-state index contributed by atoms with van der Waals surface area (Å²) in [5, 5.41) is 3.34. The Labute approximate surface area is 145 Å². The normalized spacial score (nSPS) is 10.9. The quantitative estimate of drug-likeness (QED) is 0.804. The summed E-state index contributed by atoms with van der Waals surface area (Å²) in [5.74, 6) is 2.00. The van der Waals surface area contributed by atoms with E-state index in [1.165, 1.54) is 11.1 Å². The first kappa shape index (κ1) is 18.1. The van der Waals surface area contributed by atoms with Gasteiger partial charge in [0.15, 0.2) is 0 Å². The van der Waals surface area contributed by atoms with Gasteiger partial charge in [-0.1, -0.05) is 38.1 Å². The fraction of sp³-hybridized carbons (Fsp3) is 0.500. The van der Waals surface area contributed by atoms with Crippen molar-refractivity contribution in [2.45, 2.75) is 33.9 Å². The van der Waals surface area contributed by atoms with E-state index in [0.29, 0.717) is 24.3 Å². The maximum atomic E-state index is 4.45. The number of hydrogen-bond acceptors (Lipinski definition) is 6. The summed E-state index contributed by atoms with van der Waals surface area (Å²) in [5.41, 5.74) is 2.61. The van der Waals surface area contributed by atoms with Crippen LogP contribution in [0.1, 0.15) is 30.8 Å². The molecule has 1 N–H and O–H groups in total. The van der Waals surface area contributed by atoms with Crippen molar-refractivity contribution in [1.82, 2.24) is 19.9 Å². The summed E-state index contributed by atoms with van der Waals surface area (Å²) in [7, 11) is 3.86. The van der Waals surface area contributed by atoms with Crippen molar-refractivity contribution in [3.05, 3.63) is 41.2 Å². The van der Waals surface area contributed by atoms with E-state index >= 15 is 0 Å². The molecule has 0 bridgehead atoms. The van der Waals surface area contributed by atoms with Gasteiger partial charge in [0.1, 0.15) is 5.82 Å². The molecule has 0 saturated carbocycles. The highest BCUT2D eigenvalue weighted by Crippen LogP contribution is 2.14. The molecule has 2 rings (SSSR count). The van der Waals surface area contributed by atoms with Crippen molar-refractivity contribution in [3.8, 4) is 0 Å². The van der Waals surface area contributed by atoms with Crippen LogP contribution in [0.3, 0.4) is 0 Å². The van der Waals surface area contributed by atoms with Crippen LogP contribution in [0, 0.1) is 6.92 Å². The predicted octanol–water partition coefficient (Wildman–Crippen LogP) is 2.70. The number of nitrogens with one attached hydrogen (secondary N) is 1. The number of aryl methyl sites for hydroxylation is 1. The molecule has 0 amide bonds. The predicted molar refractivity (Wildman–Crippen MR) is 99.3 cm³/mol. The van der Waals surface area contributed by atoms with Crippen LogP contribution in [0.5, 0.6) is 0 Å². The Bertz CT molecular complexity index is 652. The average Bonchev–Trinajstić information content (AvgIpc) is 2.58. The first-order valence-electron chi connectivity index (χ1n) is 8.46. The lowest BCUT2D eigenvalue weighted by atomic mass is 10.1. The molecule has 2 aromatic rings. The highest BCUT2D eigenvalue weighted by Gasteiger charge is 2.08. The van der Waals surface area contributed by atoms with Gasteiger partial charge in [0, 0.05) is 27.2 Å². The first-order chi connectivity index (χ1) is 11.5. The second kappa shape index (κ2) is 8.59. The molecule has 0 fully saturated rings. The van der Waals surface area contributed by atoms with Crippen LogP contribution < -0.4 is 10.2 Å². The zero-order valence-electron chi connectivity index (χ0n) is 15.4. The van der Waals surface area contributed by atoms with Crippen LogP contribution in [0.4, 0.5) is 11.9 Å². The highest BCUT2D eigenvalue weighted by atomic mass is 15.3. The minimum absolute atomic E-state index is 0.615. The molecular weight excluding hydrogens is 300 g/mol. The van der Waals surface area contributed by atoms with Gasteiger partial charge < -0.3 is 10.2 Å². The van der Waals surface area contributed by atoms with Gasteiger partial charge in [-0.15, -0.1) is 0 Å². The van der Waals surface area contributed by atoms with Crippen LogP contribution in [-0.2, 0) is 13.1 Å². The Morgan fingerprint density at radius 1 is 0.958 bits per heavy atom. The summed E-state index contributed by atoms with van der Waals surface area (Å²) in [6.45, 7) is 10.0. The molecule has 0 atom stereocenters. The number of nitrogens with zero attached hydrogens (tertiary/aromatic N) is 5. The Balaban J connectivity index is 2.12. The SMILES string of the molecule is CCN(CC)Cc1ccccc1CNc1nc(C)nc(N(C)C)n1. The summed E-state index contributed by atoms with van der Waals surface area (Å²) in [6.07, 6.45) is 0. The Morgan fingerprint density at radius 2 is 1.62 bits per heavy atom. The maximum absolute atomic E-state index is 4.45. The highest BCUT2D eigenvalue weighted by molar-refractivity contribution is 5.37. The average molecular weight is 328 g/mol. The molecule has 1 heterocycles. The third-order valence-electron chi connectivity index (χ3n) is 3.98. The van der Waals surface area contributed by atoms with Crippen molar-refractivity contribution < 1.29 is 0 Å². The van der Waals surface area contributed by atoms with Gasteiger partial charge in [0.05, 0.1) is 0 Å². The van der Waals surface area contributed by atoms with Gasteiger partial charge >= 0.3 is 0 Å². The van der Waals surface area contributed by atoms with E-state index in [9.17, 15) is 0 Å². The van der Waals surface area contributed by atoms with Crippen LogP contribution in [-0.4, -0.2) is 47.0 Å². The zero-order chi connectivity index (χ0) is 17.5. The number of rotatable bonds is 8. The van der Waals surface area contributed by atoms with Gasteiger partial charge in [-0.25, -0.2) is 0 Å². The van der Waals surface area contributed by atoms with E-state index in [1.54, 1.807) is 0 Å². The lowest BCUT2D eigenvalue weighted by Gasteiger charge is -2.20. The lowest BCUT2D eigenvalue weighted by molar-refractivity contribution is 0.295. The Kier molecular flexibility index (Phi) is 6.49. The largest absolute Gasteiger partial charge is 0.350 e. The molecule has 0 radical (unpaired) electrons. The summed E-state index contributed by atoms with van der Waals surface area (Å²) >= 11 is 0. The summed E-state index contributed by atoms with van der Waals surface area (Å²) in [4.78, 5) is 17.5. The van der Waals surface area contributed by atoms with Gasteiger partial charge in [-0.3, -0.25) is 4.90 Å². The Hall–Kier alpha value is -2.21. The fourth-order valence-electron chi connectivity index (χ4n) is 2.49. The van der Waals surface area contributed by atoms with E-state index < -0.39 is 0 Å². The van der Waals surface area contributed by atoms with Crippen molar-refractivity contribution in [2.24, 2.45) is 0 Å². The maximum Gasteiger partial charge on any atom is 0.229 e. The van der Waals surface area contributed by atoms with Gasteiger partial charge in [0.2, 0.25) is 11.9 Å². The zero-order valence-corrected chi connectivity index (χ0v) is 15.4. The molecule has 1 aromatic carbocycles. The number of hydrogen-bond donors (Lipinski definition) is 1. The van der Waals surface area contributed by atoms with Crippen molar-refractivity contribution >= 4 is 11.9 Å². The van der Waals surface area contributed by atoms with Crippen LogP contribution >= 0.6 is 0 Å². The molecule has 24 heavy (non-hydrogen) atoms. The smallest absolute Gasteiger partial charge is 0.229 e. The second-order valence-corrected chi connectivity index (χ2v) is 5.98. The van der Waals surface area contributed by atoms with Gasteiger partial charge in [0.25, 0.3) is 0 Å². The molecule has 1 aromatic heterocycles. The third kappa shape index (κ3) is 4.89. The van der Waals surface area contributed by atoms with E-state index in [-0.39, 0.29) is 0 Å². The molecular formula is C18H28N6. The van der Waals surface area contributed by atoms with Crippen LogP contribution in [0.25, 0.3) is 0 Å².